The summed E-state index contributed by atoms with van der Waals surface area (Å²) in [5, 5.41) is 31.2. The predicted octanol–water partition coefficient (Wildman–Crippen LogP) is 3.75. The lowest BCUT2D eigenvalue weighted by Gasteiger charge is -2.23. The maximum Gasteiger partial charge on any atom is 0.305 e. The lowest BCUT2D eigenvalue weighted by molar-refractivity contribution is -0.140. The molecule has 0 aromatic rings. The predicted molar refractivity (Wildman–Crippen MR) is 107 cm³/mol. The zero-order valence-corrected chi connectivity index (χ0v) is 17.4. The normalized spacial score (nSPS) is 27.8. The second-order valence-corrected chi connectivity index (χ2v) is 8.31. The van der Waals surface area contributed by atoms with Gasteiger partial charge in [0.2, 0.25) is 0 Å². The summed E-state index contributed by atoms with van der Waals surface area (Å²) in [5.41, 5.74) is -0.860. The Hall–Kier alpha value is -0.910. The van der Waals surface area contributed by atoms with Crippen molar-refractivity contribution in [3.8, 4) is 0 Å². The molecular formula is C22H40O5. The molecule has 1 fully saturated rings. The van der Waals surface area contributed by atoms with Crippen LogP contribution in [0.4, 0.5) is 0 Å². The molecule has 158 valence electrons. The van der Waals surface area contributed by atoms with E-state index < -0.39 is 17.8 Å². The quantitative estimate of drug-likeness (QED) is 0.256. The fourth-order valence-corrected chi connectivity index (χ4v) is 4.02. The number of aliphatic hydroxyl groups is 3. The number of esters is 1. The Morgan fingerprint density at radius 2 is 1.81 bits per heavy atom. The van der Waals surface area contributed by atoms with Gasteiger partial charge in [0, 0.05) is 18.8 Å². The average Bonchev–Trinajstić information content (AvgIpc) is 2.89. The Kier molecular flexibility index (Phi) is 11.2. The highest BCUT2D eigenvalue weighted by molar-refractivity contribution is 5.68. The zero-order chi connectivity index (χ0) is 20.3. The summed E-state index contributed by atoms with van der Waals surface area (Å²) in [4.78, 5) is 11.1. The third-order valence-electron chi connectivity index (χ3n) is 5.78. The van der Waals surface area contributed by atoms with Crippen LogP contribution in [0, 0.1) is 11.8 Å². The van der Waals surface area contributed by atoms with Gasteiger partial charge in [-0.05, 0) is 32.1 Å². The van der Waals surface area contributed by atoms with Gasteiger partial charge < -0.3 is 20.1 Å². The van der Waals surface area contributed by atoms with E-state index in [1.54, 1.807) is 0 Å². The van der Waals surface area contributed by atoms with Crippen molar-refractivity contribution in [1.29, 1.82) is 0 Å². The van der Waals surface area contributed by atoms with Gasteiger partial charge in [-0.15, -0.1) is 0 Å². The molecule has 1 aliphatic rings. The summed E-state index contributed by atoms with van der Waals surface area (Å²) in [7, 11) is 1.41. The molecule has 0 radical (unpaired) electrons. The Balaban J connectivity index is 2.45. The van der Waals surface area contributed by atoms with E-state index in [9.17, 15) is 20.1 Å². The number of hydrogen-bond acceptors (Lipinski definition) is 5. The van der Waals surface area contributed by atoms with Crippen LogP contribution in [-0.2, 0) is 9.53 Å². The van der Waals surface area contributed by atoms with Crippen molar-refractivity contribution in [3.05, 3.63) is 12.2 Å². The second kappa shape index (κ2) is 12.5. The van der Waals surface area contributed by atoms with Crippen LogP contribution in [0.15, 0.2) is 12.2 Å². The minimum atomic E-state index is -0.860. The summed E-state index contributed by atoms with van der Waals surface area (Å²) in [6.45, 7) is 3.95. The average molecular weight is 385 g/mol. The number of carbonyl (C=O) groups excluding carboxylic acids is 1. The molecular weight excluding hydrogens is 344 g/mol. The second-order valence-electron chi connectivity index (χ2n) is 8.31. The van der Waals surface area contributed by atoms with Gasteiger partial charge in [-0.3, -0.25) is 4.79 Å². The lowest BCUT2D eigenvalue weighted by Crippen LogP contribution is -2.24. The summed E-state index contributed by atoms with van der Waals surface area (Å²) >= 11 is 0. The third-order valence-corrected chi connectivity index (χ3v) is 5.78. The van der Waals surface area contributed by atoms with Crippen molar-refractivity contribution in [2.45, 2.75) is 102 Å². The van der Waals surface area contributed by atoms with E-state index in [0.717, 1.165) is 51.4 Å². The summed E-state index contributed by atoms with van der Waals surface area (Å²) in [5.74, 6) is -0.239. The van der Waals surface area contributed by atoms with Crippen molar-refractivity contribution in [3.63, 3.8) is 0 Å². The Labute approximate surface area is 164 Å². The summed E-state index contributed by atoms with van der Waals surface area (Å²) in [6.07, 6.45) is 12.1. The Morgan fingerprint density at radius 1 is 1.11 bits per heavy atom. The molecule has 0 heterocycles. The molecule has 27 heavy (non-hydrogen) atoms. The highest BCUT2D eigenvalue weighted by atomic mass is 16.5. The number of aliphatic hydroxyl groups excluding tert-OH is 2. The molecule has 3 N–H and O–H groups in total. The Bertz CT molecular complexity index is 446. The molecule has 0 aromatic carbocycles. The van der Waals surface area contributed by atoms with Crippen molar-refractivity contribution in [2.24, 2.45) is 11.8 Å². The first-order valence-electron chi connectivity index (χ1n) is 10.7. The topological polar surface area (TPSA) is 87.0 Å². The van der Waals surface area contributed by atoms with Gasteiger partial charge in [-0.1, -0.05) is 57.6 Å². The number of rotatable bonds is 13. The van der Waals surface area contributed by atoms with Crippen LogP contribution in [0.3, 0.4) is 0 Å². The van der Waals surface area contributed by atoms with Crippen LogP contribution in [-0.4, -0.2) is 46.2 Å². The van der Waals surface area contributed by atoms with E-state index in [0.29, 0.717) is 19.3 Å². The number of carbonyl (C=O) groups is 1. The van der Waals surface area contributed by atoms with Gasteiger partial charge in [-0.2, -0.15) is 0 Å². The van der Waals surface area contributed by atoms with Gasteiger partial charge >= 0.3 is 5.97 Å². The van der Waals surface area contributed by atoms with Gasteiger partial charge in [0.05, 0.1) is 24.9 Å². The van der Waals surface area contributed by atoms with Crippen molar-refractivity contribution < 1.29 is 24.9 Å². The molecule has 0 aliphatic heterocycles. The minimum Gasteiger partial charge on any atom is -0.469 e. The van der Waals surface area contributed by atoms with Crippen LogP contribution in [0.1, 0.15) is 84.5 Å². The van der Waals surface area contributed by atoms with Crippen LogP contribution in [0.2, 0.25) is 0 Å². The number of hydrogen-bond donors (Lipinski definition) is 3. The highest BCUT2D eigenvalue weighted by Crippen LogP contribution is 2.37. The molecule has 0 spiro atoms. The lowest BCUT2D eigenvalue weighted by atomic mass is 9.86. The van der Waals surface area contributed by atoms with Crippen LogP contribution < -0.4 is 0 Å². The van der Waals surface area contributed by atoms with Crippen molar-refractivity contribution in [1.82, 2.24) is 0 Å². The van der Waals surface area contributed by atoms with E-state index in [-0.39, 0.29) is 17.8 Å². The van der Waals surface area contributed by atoms with Gasteiger partial charge in [0.15, 0.2) is 0 Å². The number of methoxy groups -OCH3 is 1. The van der Waals surface area contributed by atoms with Crippen LogP contribution >= 0.6 is 0 Å². The minimum absolute atomic E-state index is 0.0308. The van der Waals surface area contributed by atoms with Gasteiger partial charge in [0.25, 0.3) is 0 Å². The summed E-state index contributed by atoms with van der Waals surface area (Å²) in [6, 6.07) is 0. The zero-order valence-electron chi connectivity index (χ0n) is 17.4. The fourth-order valence-electron chi connectivity index (χ4n) is 4.02. The molecule has 5 atom stereocenters. The standard InChI is InChI=1S/C22H40O5/c1-4-5-10-14-22(2,26)15-13-18-17(19(23)16-20(18)24)11-8-6-7-9-12-21(25)27-3/h13,15,17-20,23-24,26H,4-12,14,16H2,1-3H3/b15-13+/t17-,18-,19+,20-,22+/m1/s1. The third kappa shape index (κ3) is 9.22. The molecule has 1 saturated carbocycles. The highest BCUT2D eigenvalue weighted by Gasteiger charge is 2.39. The maximum atomic E-state index is 11.1. The molecule has 5 heteroatoms. The van der Waals surface area contributed by atoms with E-state index >= 15 is 0 Å². The van der Waals surface area contributed by atoms with Crippen molar-refractivity contribution in [2.75, 3.05) is 7.11 Å². The molecule has 0 aromatic heterocycles. The molecule has 0 unspecified atom stereocenters. The van der Waals surface area contributed by atoms with E-state index in [2.05, 4.69) is 11.7 Å². The fraction of sp³-hybridized carbons (Fsp3) is 0.864. The van der Waals surface area contributed by atoms with Crippen LogP contribution in [0.5, 0.6) is 0 Å². The van der Waals surface area contributed by atoms with E-state index in [1.165, 1.54) is 7.11 Å². The first-order chi connectivity index (χ1) is 12.8. The molecule has 0 amide bonds. The molecule has 1 rings (SSSR count). The van der Waals surface area contributed by atoms with Gasteiger partial charge in [0.1, 0.15) is 0 Å². The largest absolute Gasteiger partial charge is 0.469 e. The first kappa shape index (κ1) is 24.1. The first-order valence-corrected chi connectivity index (χ1v) is 10.7. The SMILES string of the molecule is CCCCC[C@](C)(O)/C=C/[C@@H]1[C@@H](CCCCCCC(=O)OC)[C@@H](O)C[C@H]1O. The van der Waals surface area contributed by atoms with E-state index in [1.807, 2.05) is 19.1 Å². The molecule has 1 aliphatic carbocycles. The molecule has 5 nitrogen and oxygen atoms in total. The summed E-state index contributed by atoms with van der Waals surface area (Å²) < 4.78 is 4.64. The van der Waals surface area contributed by atoms with Gasteiger partial charge in [-0.25, -0.2) is 0 Å². The van der Waals surface area contributed by atoms with E-state index in [4.69, 9.17) is 0 Å². The molecule has 0 bridgehead atoms. The van der Waals surface area contributed by atoms with Crippen LogP contribution in [0.25, 0.3) is 0 Å². The Morgan fingerprint density at radius 3 is 2.48 bits per heavy atom. The smallest absolute Gasteiger partial charge is 0.305 e. The van der Waals surface area contributed by atoms with Crippen molar-refractivity contribution >= 4 is 5.97 Å². The molecule has 0 saturated heterocycles. The maximum absolute atomic E-state index is 11.1. The monoisotopic (exact) mass is 384 g/mol. The number of ether oxygens (including phenoxy) is 1. The number of unbranched alkanes of at least 4 members (excludes halogenated alkanes) is 5.